The van der Waals surface area contributed by atoms with Crippen LogP contribution in [-0.2, 0) is 0 Å². The van der Waals surface area contributed by atoms with E-state index in [0.717, 1.165) is 19.4 Å². The smallest absolute Gasteiger partial charge is 0.317 e. The normalized spacial score (nSPS) is 9.58. The Labute approximate surface area is 79.1 Å². The van der Waals surface area contributed by atoms with Crippen molar-refractivity contribution >= 4 is 17.6 Å². The molecule has 0 aromatic rings. The van der Waals surface area contributed by atoms with Crippen molar-refractivity contribution in [2.75, 3.05) is 26.0 Å². The van der Waals surface area contributed by atoms with E-state index in [2.05, 4.69) is 12.2 Å². The first-order valence-electron chi connectivity index (χ1n) is 4.27. The van der Waals surface area contributed by atoms with Crippen LogP contribution in [0, 0.1) is 0 Å². The minimum Gasteiger partial charge on any atom is -0.338 e. The fourth-order valence-corrected chi connectivity index (χ4v) is 0.989. The van der Waals surface area contributed by atoms with Crippen molar-refractivity contribution < 1.29 is 4.79 Å². The van der Waals surface area contributed by atoms with Crippen molar-refractivity contribution in [3.8, 4) is 0 Å². The van der Waals surface area contributed by atoms with E-state index in [4.69, 9.17) is 11.6 Å². The Kier molecular flexibility index (Phi) is 6.96. The molecule has 0 aliphatic carbocycles. The van der Waals surface area contributed by atoms with Gasteiger partial charge in [-0.25, -0.2) is 4.79 Å². The third-order valence-electron chi connectivity index (χ3n) is 1.57. The van der Waals surface area contributed by atoms with Crippen molar-refractivity contribution in [2.24, 2.45) is 0 Å². The van der Waals surface area contributed by atoms with Crippen LogP contribution in [0.25, 0.3) is 0 Å². The molecular weight excluding hydrogens is 176 g/mol. The van der Waals surface area contributed by atoms with Crippen molar-refractivity contribution in [3.05, 3.63) is 0 Å². The maximum Gasteiger partial charge on any atom is 0.317 e. The molecule has 0 fully saturated rings. The third kappa shape index (κ3) is 5.24. The average molecular weight is 193 g/mol. The number of alkyl halides is 1. The SMILES string of the molecule is CCCCNC(=O)N(C)CCCl. The molecule has 0 bridgehead atoms. The van der Waals surface area contributed by atoms with Gasteiger partial charge in [0.25, 0.3) is 0 Å². The molecule has 0 aliphatic heterocycles. The largest absolute Gasteiger partial charge is 0.338 e. The second-order valence-electron chi connectivity index (χ2n) is 2.70. The molecule has 0 rings (SSSR count). The van der Waals surface area contributed by atoms with E-state index >= 15 is 0 Å². The number of carbonyl (C=O) groups excluding carboxylic acids is 1. The highest BCUT2D eigenvalue weighted by Gasteiger charge is 2.04. The van der Waals surface area contributed by atoms with Gasteiger partial charge in [-0.15, -0.1) is 11.6 Å². The summed E-state index contributed by atoms with van der Waals surface area (Å²) in [6.07, 6.45) is 2.12. The predicted molar refractivity (Wildman–Crippen MR) is 51.7 cm³/mol. The molecule has 0 saturated heterocycles. The van der Waals surface area contributed by atoms with E-state index in [1.807, 2.05) is 0 Å². The van der Waals surface area contributed by atoms with Gasteiger partial charge in [0.05, 0.1) is 0 Å². The van der Waals surface area contributed by atoms with Gasteiger partial charge in [-0.3, -0.25) is 0 Å². The third-order valence-corrected chi connectivity index (χ3v) is 1.74. The first-order chi connectivity index (χ1) is 5.72. The van der Waals surface area contributed by atoms with Crippen LogP contribution < -0.4 is 5.32 Å². The lowest BCUT2D eigenvalue weighted by Gasteiger charge is -2.15. The molecule has 1 N–H and O–H groups in total. The van der Waals surface area contributed by atoms with Gasteiger partial charge in [-0.1, -0.05) is 13.3 Å². The Morgan fingerprint density at radius 2 is 2.25 bits per heavy atom. The number of hydrogen-bond acceptors (Lipinski definition) is 1. The van der Waals surface area contributed by atoms with Gasteiger partial charge in [0.2, 0.25) is 0 Å². The van der Waals surface area contributed by atoms with Crippen LogP contribution in [0.5, 0.6) is 0 Å². The molecule has 0 aromatic carbocycles. The van der Waals surface area contributed by atoms with E-state index in [-0.39, 0.29) is 6.03 Å². The lowest BCUT2D eigenvalue weighted by molar-refractivity contribution is 0.211. The molecule has 2 amide bonds. The predicted octanol–water partition coefficient (Wildman–Crippen LogP) is 1.67. The van der Waals surface area contributed by atoms with Gasteiger partial charge in [0.15, 0.2) is 0 Å². The topological polar surface area (TPSA) is 32.3 Å². The quantitative estimate of drug-likeness (QED) is 0.522. The standard InChI is InChI=1S/C8H17ClN2O/c1-3-4-6-10-8(12)11(2)7-5-9/h3-7H2,1-2H3,(H,10,12). The minimum atomic E-state index is -0.0379. The van der Waals surface area contributed by atoms with Crippen LogP contribution in [-0.4, -0.2) is 36.9 Å². The van der Waals surface area contributed by atoms with Gasteiger partial charge in [0.1, 0.15) is 0 Å². The summed E-state index contributed by atoms with van der Waals surface area (Å²) in [5, 5.41) is 2.80. The van der Waals surface area contributed by atoms with Crippen LogP contribution in [0.1, 0.15) is 19.8 Å². The van der Waals surface area contributed by atoms with E-state index in [9.17, 15) is 4.79 Å². The molecule has 0 aromatic heterocycles. The molecule has 3 nitrogen and oxygen atoms in total. The van der Waals surface area contributed by atoms with Crippen LogP contribution in [0.2, 0.25) is 0 Å². The van der Waals surface area contributed by atoms with Crippen molar-refractivity contribution in [2.45, 2.75) is 19.8 Å². The zero-order valence-corrected chi connectivity index (χ0v) is 8.52. The highest BCUT2D eigenvalue weighted by Crippen LogP contribution is 1.88. The zero-order chi connectivity index (χ0) is 9.40. The molecule has 4 heteroatoms. The first kappa shape index (κ1) is 11.6. The zero-order valence-electron chi connectivity index (χ0n) is 7.77. The highest BCUT2D eigenvalue weighted by atomic mass is 35.5. The summed E-state index contributed by atoms with van der Waals surface area (Å²) >= 11 is 5.48. The summed E-state index contributed by atoms with van der Waals surface area (Å²) < 4.78 is 0. The van der Waals surface area contributed by atoms with Crippen molar-refractivity contribution in [1.29, 1.82) is 0 Å². The molecule has 0 heterocycles. The second-order valence-corrected chi connectivity index (χ2v) is 3.07. The summed E-state index contributed by atoms with van der Waals surface area (Å²) in [5.41, 5.74) is 0. The van der Waals surface area contributed by atoms with Gasteiger partial charge in [-0.05, 0) is 6.42 Å². The Morgan fingerprint density at radius 3 is 2.75 bits per heavy atom. The van der Waals surface area contributed by atoms with Crippen LogP contribution in [0.3, 0.4) is 0 Å². The molecular formula is C8H17ClN2O. The van der Waals surface area contributed by atoms with Crippen LogP contribution in [0.15, 0.2) is 0 Å². The molecule has 0 radical (unpaired) electrons. The van der Waals surface area contributed by atoms with Gasteiger partial charge in [0, 0.05) is 26.0 Å². The van der Waals surface area contributed by atoms with Gasteiger partial charge in [-0.2, -0.15) is 0 Å². The molecule has 0 aliphatic rings. The number of carbonyl (C=O) groups is 1. The summed E-state index contributed by atoms with van der Waals surface area (Å²) in [6.45, 7) is 3.44. The van der Waals surface area contributed by atoms with E-state index in [1.54, 1.807) is 11.9 Å². The monoisotopic (exact) mass is 192 g/mol. The van der Waals surface area contributed by atoms with Crippen LogP contribution in [0.4, 0.5) is 4.79 Å². The molecule has 0 unspecified atom stereocenters. The summed E-state index contributed by atoms with van der Waals surface area (Å²) in [7, 11) is 1.74. The van der Waals surface area contributed by atoms with E-state index in [1.165, 1.54) is 0 Å². The summed E-state index contributed by atoms with van der Waals surface area (Å²) in [6, 6.07) is -0.0379. The highest BCUT2D eigenvalue weighted by molar-refractivity contribution is 6.18. The summed E-state index contributed by atoms with van der Waals surface area (Å²) in [4.78, 5) is 12.7. The number of halogens is 1. The average Bonchev–Trinajstić information content (AvgIpc) is 2.05. The molecule has 72 valence electrons. The van der Waals surface area contributed by atoms with E-state index in [0.29, 0.717) is 12.4 Å². The lowest BCUT2D eigenvalue weighted by Crippen LogP contribution is -2.38. The minimum absolute atomic E-state index is 0.0379. The Bertz CT molecular complexity index is 130. The maximum absolute atomic E-state index is 11.2. The number of rotatable bonds is 5. The Morgan fingerprint density at radius 1 is 1.58 bits per heavy atom. The number of nitrogens with one attached hydrogen (secondary N) is 1. The summed E-state index contributed by atoms with van der Waals surface area (Å²) in [5.74, 6) is 0.484. The Balaban J connectivity index is 3.43. The fourth-order valence-electron chi connectivity index (χ4n) is 0.735. The van der Waals surface area contributed by atoms with Crippen molar-refractivity contribution in [3.63, 3.8) is 0 Å². The first-order valence-corrected chi connectivity index (χ1v) is 4.80. The number of nitrogens with zero attached hydrogens (tertiary/aromatic N) is 1. The van der Waals surface area contributed by atoms with Gasteiger partial charge < -0.3 is 10.2 Å². The molecule has 12 heavy (non-hydrogen) atoms. The number of urea groups is 1. The van der Waals surface area contributed by atoms with Crippen LogP contribution >= 0.6 is 11.6 Å². The maximum atomic E-state index is 11.2. The number of amides is 2. The fraction of sp³-hybridized carbons (Fsp3) is 0.875. The number of hydrogen-bond donors (Lipinski definition) is 1. The lowest BCUT2D eigenvalue weighted by atomic mass is 10.3. The second kappa shape index (κ2) is 7.22. The van der Waals surface area contributed by atoms with E-state index < -0.39 is 0 Å². The molecule has 0 spiro atoms. The molecule has 0 saturated carbocycles. The molecule has 0 atom stereocenters. The Hall–Kier alpha value is -0.440. The van der Waals surface area contributed by atoms with Gasteiger partial charge >= 0.3 is 6.03 Å². The van der Waals surface area contributed by atoms with Crippen molar-refractivity contribution in [1.82, 2.24) is 10.2 Å². The number of unbranched alkanes of at least 4 members (excludes halogenated alkanes) is 1.